The van der Waals surface area contributed by atoms with E-state index in [-0.39, 0.29) is 29.3 Å². The van der Waals surface area contributed by atoms with E-state index in [4.69, 9.17) is 37.9 Å². The zero-order valence-corrected chi connectivity index (χ0v) is 19.9. The van der Waals surface area contributed by atoms with Crippen LogP contribution in [0.4, 0.5) is 4.39 Å². The Labute approximate surface area is 202 Å². The van der Waals surface area contributed by atoms with Crippen molar-refractivity contribution in [1.82, 2.24) is 0 Å². The Hall–Kier alpha value is -1.92. The summed E-state index contributed by atoms with van der Waals surface area (Å²) in [5.74, 6) is -0.337. The van der Waals surface area contributed by atoms with Crippen molar-refractivity contribution in [2.75, 3.05) is 6.61 Å². The zero-order chi connectivity index (χ0) is 23.3. The van der Waals surface area contributed by atoms with E-state index in [1.807, 2.05) is 12.1 Å². The molecular formula is C25H27Cl2FN2O3. The maximum Gasteiger partial charge on any atom is 0.306 e. The molecule has 4 aliphatic rings. The van der Waals surface area contributed by atoms with Gasteiger partial charge in [0.05, 0.1) is 23.7 Å². The van der Waals surface area contributed by atoms with E-state index >= 15 is 0 Å². The number of rotatable bonds is 6. The lowest BCUT2D eigenvalue weighted by atomic mass is 9.77. The molecule has 1 aromatic rings. The summed E-state index contributed by atoms with van der Waals surface area (Å²) in [7, 11) is 0. The van der Waals surface area contributed by atoms with Gasteiger partial charge in [0, 0.05) is 21.0 Å². The maximum absolute atomic E-state index is 14.2. The van der Waals surface area contributed by atoms with E-state index in [0.29, 0.717) is 41.1 Å². The Bertz CT molecular complexity index is 1060. The van der Waals surface area contributed by atoms with Crippen molar-refractivity contribution in [2.45, 2.75) is 69.1 Å². The number of hydrogen-bond acceptors (Lipinski definition) is 4. The molecule has 2 aliphatic carbocycles. The average Bonchev–Trinajstić information content (AvgIpc) is 3.22. The molecule has 0 radical (unpaired) electrons. The molecule has 176 valence electrons. The lowest BCUT2D eigenvalue weighted by Crippen LogP contribution is -2.30. The van der Waals surface area contributed by atoms with Crippen LogP contribution in [0, 0.1) is 11.8 Å². The minimum Gasteiger partial charge on any atom is -0.481 e. The minimum absolute atomic E-state index is 0.0673. The van der Waals surface area contributed by atoms with Crippen LogP contribution in [0.15, 0.2) is 39.8 Å². The Morgan fingerprint density at radius 2 is 1.94 bits per heavy atom. The Kier molecular flexibility index (Phi) is 6.02. The third kappa shape index (κ3) is 4.21. The first kappa shape index (κ1) is 22.9. The molecule has 1 aromatic carbocycles. The van der Waals surface area contributed by atoms with Crippen LogP contribution < -0.4 is 0 Å². The van der Waals surface area contributed by atoms with Gasteiger partial charge in [-0.1, -0.05) is 29.3 Å². The van der Waals surface area contributed by atoms with Crippen LogP contribution in [-0.4, -0.2) is 47.5 Å². The molecule has 2 heterocycles. The van der Waals surface area contributed by atoms with Gasteiger partial charge >= 0.3 is 5.97 Å². The first-order chi connectivity index (χ1) is 15.8. The summed E-state index contributed by atoms with van der Waals surface area (Å²) in [6.45, 7) is 1.93. The van der Waals surface area contributed by atoms with Gasteiger partial charge in [0.2, 0.25) is 5.90 Å². The summed E-state index contributed by atoms with van der Waals surface area (Å²) in [6.07, 6.45) is 5.29. The second-order valence-corrected chi connectivity index (χ2v) is 10.5. The van der Waals surface area contributed by atoms with Gasteiger partial charge in [-0.15, -0.1) is 0 Å². The van der Waals surface area contributed by atoms with Crippen molar-refractivity contribution >= 4 is 40.8 Å². The number of aliphatic imine (C=N–C) groups is 2. The average molecular weight is 493 g/mol. The Morgan fingerprint density at radius 3 is 2.55 bits per heavy atom. The van der Waals surface area contributed by atoms with Gasteiger partial charge in [-0.25, -0.2) is 9.38 Å². The van der Waals surface area contributed by atoms with Crippen LogP contribution in [0.1, 0.15) is 51.0 Å². The van der Waals surface area contributed by atoms with E-state index in [1.165, 1.54) is 6.92 Å². The molecule has 3 atom stereocenters. The van der Waals surface area contributed by atoms with Crippen LogP contribution in [0.2, 0.25) is 10.0 Å². The number of carboxylic acids is 1. The summed E-state index contributed by atoms with van der Waals surface area (Å²) in [5.41, 5.74) is 2.13. The molecule has 2 aliphatic heterocycles. The number of alkyl halides is 1. The van der Waals surface area contributed by atoms with Crippen molar-refractivity contribution in [3.8, 4) is 0 Å². The molecule has 0 spiro atoms. The SMILES string of the molecule is CC(F)C1=NC(C2CCC(C(=O)O)CC2)C(C2=NC(C3(c4ccc(Cl)cc4Cl)CC3)CO2)=C1. The van der Waals surface area contributed by atoms with E-state index in [0.717, 1.165) is 36.8 Å². The van der Waals surface area contributed by atoms with Gasteiger partial charge in [-0.3, -0.25) is 9.79 Å². The van der Waals surface area contributed by atoms with Gasteiger partial charge in [0.15, 0.2) is 0 Å². The van der Waals surface area contributed by atoms with Crippen LogP contribution in [0.25, 0.3) is 0 Å². The van der Waals surface area contributed by atoms with Crippen LogP contribution in [0.5, 0.6) is 0 Å². The van der Waals surface area contributed by atoms with Crippen molar-refractivity contribution in [3.63, 3.8) is 0 Å². The molecule has 3 unspecified atom stereocenters. The fourth-order valence-corrected chi connectivity index (χ4v) is 6.18. The third-order valence-corrected chi connectivity index (χ3v) is 8.23. The number of hydrogen-bond donors (Lipinski definition) is 1. The Morgan fingerprint density at radius 1 is 1.21 bits per heavy atom. The molecule has 2 fully saturated rings. The smallest absolute Gasteiger partial charge is 0.306 e. The number of aliphatic carboxylic acids is 1. The van der Waals surface area contributed by atoms with Gasteiger partial charge in [0.1, 0.15) is 12.8 Å². The van der Waals surface area contributed by atoms with E-state index in [1.54, 1.807) is 12.1 Å². The lowest BCUT2D eigenvalue weighted by molar-refractivity contribution is -0.143. The number of carbonyl (C=O) groups is 1. The van der Waals surface area contributed by atoms with Gasteiger partial charge in [-0.05, 0) is 75.1 Å². The highest BCUT2D eigenvalue weighted by molar-refractivity contribution is 6.35. The molecule has 33 heavy (non-hydrogen) atoms. The first-order valence-electron chi connectivity index (χ1n) is 11.6. The van der Waals surface area contributed by atoms with Gasteiger partial charge in [-0.2, -0.15) is 0 Å². The van der Waals surface area contributed by atoms with Crippen LogP contribution >= 0.6 is 23.2 Å². The molecule has 0 saturated heterocycles. The molecule has 5 rings (SSSR count). The van der Waals surface area contributed by atoms with Gasteiger partial charge in [0.25, 0.3) is 0 Å². The van der Waals surface area contributed by atoms with Gasteiger partial charge < -0.3 is 9.84 Å². The lowest BCUT2D eigenvalue weighted by Gasteiger charge is -2.30. The van der Waals surface area contributed by atoms with Crippen molar-refractivity contribution < 1.29 is 19.0 Å². The number of carboxylic acid groups (broad SMARTS) is 1. The van der Waals surface area contributed by atoms with Crippen LogP contribution in [-0.2, 0) is 14.9 Å². The maximum atomic E-state index is 14.2. The third-order valence-electron chi connectivity index (χ3n) is 7.68. The van der Waals surface area contributed by atoms with Crippen molar-refractivity contribution in [1.29, 1.82) is 0 Å². The number of halogens is 3. The van der Waals surface area contributed by atoms with Crippen molar-refractivity contribution in [2.24, 2.45) is 21.8 Å². The Balaban J connectivity index is 1.39. The molecule has 5 nitrogen and oxygen atoms in total. The number of benzene rings is 1. The molecule has 2 saturated carbocycles. The molecule has 0 amide bonds. The molecular weight excluding hydrogens is 466 g/mol. The summed E-state index contributed by atoms with van der Waals surface area (Å²) < 4.78 is 20.3. The van der Waals surface area contributed by atoms with E-state index in [2.05, 4.69) is 0 Å². The minimum atomic E-state index is -1.18. The summed E-state index contributed by atoms with van der Waals surface area (Å²) >= 11 is 12.6. The highest BCUT2D eigenvalue weighted by Gasteiger charge is 2.54. The highest BCUT2D eigenvalue weighted by Crippen LogP contribution is 2.55. The highest BCUT2D eigenvalue weighted by atomic mass is 35.5. The second kappa shape index (κ2) is 8.70. The monoisotopic (exact) mass is 492 g/mol. The standard InChI is InChI=1S/C25H27Cl2FN2O3/c1-13(28)20-11-17(22(29-20)14-2-4-15(5-3-14)24(31)32)23-30-21(12-33-23)25(8-9-25)18-7-6-16(26)10-19(18)27/h6-7,10-11,13-15,21-22H,2-5,8-9,12H2,1H3,(H,31,32). The molecule has 0 aromatic heterocycles. The first-order valence-corrected chi connectivity index (χ1v) is 12.4. The summed E-state index contributed by atoms with van der Waals surface area (Å²) in [5, 5.41) is 10.6. The number of nitrogens with zero attached hydrogens (tertiary/aromatic N) is 2. The topological polar surface area (TPSA) is 71.2 Å². The number of allylic oxidation sites excluding steroid dienone is 1. The normalized spacial score (nSPS) is 31.3. The largest absolute Gasteiger partial charge is 0.481 e. The molecule has 8 heteroatoms. The van der Waals surface area contributed by atoms with Crippen molar-refractivity contribution in [3.05, 3.63) is 45.5 Å². The quantitative estimate of drug-likeness (QED) is 0.543. The molecule has 0 bridgehead atoms. The fourth-order valence-electron chi connectivity index (χ4n) is 5.58. The summed E-state index contributed by atoms with van der Waals surface area (Å²) in [4.78, 5) is 21.0. The summed E-state index contributed by atoms with van der Waals surface area (Å²) in [6, 6.07) is 5.30. The second-order valence-electron chi connectivity index (χ2n) is 9.71. The predicted molar refractivity (Wildman–Crippen MR) is 128 cm³/mol. The zero-order valence-electron chi connectivity index (χ0n) is 18.4. The number of ether oxygens (including phenoxy) is 1. The fraction of sp³-hybridized carbons (Fsp3) is 0.560. The van der Waals surface area contributed by atoms with E-state index in [9.17, 15) is 14.3 Å². The molecule has 1 N–H and O–H groups in total. The van der Waals surface area contributed by atoms with E-state index < -0.39 is 12.1 Å². The van der Waals surface area contributed by atoms with Crippen LogP contribution in [0.3, 0.4) is 0 Å². The predicted octanol–water partition coefficient (Wildman–Crippen LogP) is 5.82.